The van der Waals surface area contributed by atoms with Crippen LogP contribution in [-0.2, 0) is 16.3 Å². The van der Waals surface area contributed by atoms with Crippen LogP contribution in [0.4, 0.5) is 17.6 Å². The molecule has 0 aliphatic rings. The summed E-state index contributed by atoms with van der Waals surface area (Å²) in [6.07, 6.45) is -4.78. The zero-order chi connectivity index (χ0) is 11.2. The Kier molecular flexibility index (Phi) is 6.28. The quantitative estimate of drug-likeness (QED) is 0.437. The van der Waals surface area contributed by atoms with Gasteiger partial charge < -0.3 is 4.74 Å². The second-order valence-corrected chi connectivity index (χ2v) is 1.92. The Labute approximate surface area is 94.5 Å². The molecule has 1 aromatic carbocycles. The van der Waals surface area contributed by atoms with Crippen molar-refractivity contribution in [3.8, 4) is 5.75 Å². The maximum absolute atomic E-state index is 12.2. The predicted molar refractivity (Wildman–Crippen MR) is 40.8 cm³/mol. The van der Waals surface area contributed by atoms with Crippen molar-refractivity contribution < 1.29 is 38.6 Å². The number of halogens is 5. The van der Waals surface area contributed by atoms with Gasteiger partial charge in [0, 0.05) is 11.6 Å². The summed E-state index contributed by atoms with van der Waals surface area (Å²) >= 11 is 4.25. The fourth-order valence-electron chi connectivity index (χ4n) is 0.615. The van der Waals surface area contributed by atoms with Crippen LogP contribution in [0.15, 0.2) is 18.2 Å². The third-order valence-corrected chi connectivity index (χ3v) is 0.971. The van der Waals surface area contributed by atoms with Gasteiger partial charge in [-0.2, -0.15) is 6.07 Å². The molecule has 14 heavy (non-hydrogen) atoms. The van der Waals surface area contributed by atoms with Crippen molar-refractivity contribution in [3.63, 3.8) is 0 Å². The van der Waals surface area contributed by atoms with Gasteiger partial charge in [0.05, 0.1) is 0 Å². The number of rotatable bonds is 1. The van der Waals surface area contributed by atoms with Crippen molar-refractivity contribution in [1.82, 2.24) is 0 Å². The molecule has 0 atom stereocenters. The summed E-state index contributed by atoms with van der Waals surface area (Å²) in [6.45, 7) is 0. The molecule has 0 aromatic heterocycles. The van der Waals surface area contributed by atoms with Gasteiger partial charge >= 0.3 is 36.3 Å². The van der Waals surface area contributed by atoms with E-state index < -0.39 is 17.9 Å². The van der Waals surface area contributed by atoms with Crippen LogP contribution in [0.2, 0.25) is 0 Å². The molecular formula is C7H3BrF4OZn. The van der Waals surface area contributed by atoms with Crippen LogP contribution >= 0.6 is 13.6 Å². The standard InChI is InChI=1S/C7H3F4O.BrH.Zn/c8-5-2-1-3-6(4-5)12-7(9,10)11;;/h1,3-4H;1H;/q-1;;+2/p-1. The van der Waals surface area contributed by atoms with Crippen LogP contribution in [-0.4, -0.2) is 6.36 Å². The summed E-state index contributed by atoms with van der Waals surface area (Å²) in [7, 11) is 0. The second kappa shape index (κ2) is 6.35. The minimum atomic E-state index is -4.78. The van der Waals surface area contributed by atoms with E-state index >= 15 is 0 Å². The molecule has 1 aromatic rings. The van der Waals surface area contributed by atoms with Gasteiger partial charge in [0.2, 0.25) is 0 Å². The van der Waals surface area contributed by atoms with Gasteiger partial charge in [-0.3, -0.25) is 0 Å². The summed E-state index contributed by atoms with van der Waals surface area (Å²) in [6, 6.07) is 4.63. The molecule has 0 saturated heterocycles. The normalized spacial score (nSPS) is 10.2. The molecule has 0 fully saturated rings. The van der Waals surface area contributed by atoms with Crippen LogP contribution in [0.1, 0.15) is 0 Å². The van der Waals surface area contributed by atoms with Gasteiger partial charge in [0.15, 0.2) is 0 Å². The van der Waals surface area contributed by atoms with Crippen LogP contribution < -0.4 is 4.74 Å². The van der Waals surface area contributed by atoms with Crippen LogP contribution in [0.3, 0.4) is 0 Å². The minimum absolute atomic E-state index is 0.584. The van der Waals surface area contributed by atoms with Gasteiger partial charge in [0.1, 0.15) is 0 Å². The van der Waals surface area contributed by atoms with E-state index in [2.05, 4.69) is 18.4 Å². The first-order valence-corrected chi connectivity index (χ1v) is 10.1. The molecule has 1 nitrogen and oxygen atoms in total. The Bertz CT molecular complexity index is 279. The fourth-order valence-corrected chi connectivity index (χ4v) is 0.615. The summed E-state index contributed by atoms with van der Waals surface area (Å²) in [5, 5.41) is 0. The molecule has 0 spiro atoms. The average molecular weight is 324 g/mol. The summed E-state index contributed by atoms with van der Waals surface area (Å²) in [5.41, 5.74) is 0. The van der Waals surface area contributed by atoms with Gasteiger partial charge in [-0.1, -0.05) is 6.07 Å². The maximum atomic E-state index is 12.2. The van der Waals surface area contributed by atoms with E-state index in [1.807, 2.05) is 6.07 Å². The van der Waals surface area contributed by atoms with Gasteiger partial charge in [-0.25, -0.2) is 4.39 Å². The zero-order valence-electron chi connectivity index (χ0n) is 6.74. The van der Waals surface area contributed by atoms with Crippen LogP contribution in [0, 0.1) is 11.9 Å². The van der Waals surface area contributed by atoms with Gasteiger partial charge in [0.25, 0.3) is 0 Å². The van der Waals surface area contributed by atoms with E-state index in [-0.39, 0.29) is 0 Å². The monoisotopic (exact) mass is 322 g/mol. The molecule has 0 radical (unpaired) electrons. The Morgan fingerprint density at radius 1 is 1.36 bits per heavy atom. The first-order chi connectivity index (χ1) is 6.47. The van der Waals surface area contributed by atoms with Crippen molar-refractivity contribution in [2.75, 3.05) is 0 Å². The van der Waals surface area contributed by atoms with Crippen LogP contribution in [0.5, 0.6) is 5.75 Å². The van der Waals surface area contributed by atoms with E-state index in [0.29, 0.717) is 6.07 Å². The Morgan fingerprint density at radius 2 is 1.93 bits per heavy atom. The molecule has 0 aliphatic carbocycles. The van der Waals surface area contributed by atoms with E-state index in [4.69, 9.17) is 0 Å². The third-order valence-electron chi connectivity index (χ3n) is 0.971. The summed E-state index contributed by atoms with van der Waals surface area (Å²) in [5.74, 6) is -1.48. The zero-order valence-corrected chi connectivity index (χ0v) is 11.3. The first-order valence-electron chi connectivity index (χ1n) is 3.17. The summed E-state index contributed by atoms with van der Waals surface area (Å²) < 4.78 is 50.2. The molecule has 7 heteroatoms. The SMILES string of the molecule is Fc1[c-]ccc(OC(F)(F)F)c1.[Zn+][Br]. The van der Waals surface area contributed by atoms with E-state index in [0.717, 1.165) is 12.1 Å². The number of ether oxygens (including phenoxy) is 1. The van der Waals surface area contributed by atoms with Crippen molar-refractivity contribution in [2.24, 2.45) is 0 Å². The molecule has 0 heterocycles. The van der Waals surface area contributed by atoms with E-state index in [1.165, 1.54) is 16.3 Å². The molecule has 0 amide bonds. The topological polar surface area (TPSA) is 9.23 Å². The molecule has 0 aliphatic heterocycles. The number of hydrogen-bond donors (Lipinski definition) is 0. The van der Waals surface area contributed by atoms with Gasteiger partial charge in [-0.05, 0) is 0 Å². The number of alkyl halides is 3. The van der Waals surface area contributed by atoms with Crippen molar-refractivity contribution in [1.29, 1.82) is 0 Å². The molecule has 0 bridgehead atoms. The first kappa shape index (κ1) is 13.8. The summed E-state index contributed by atoms with van der Waals surface area (Å²) in [4.78, 5) is 0. The molecule has 0 unspecified atom stereocenters. The second-order valence-electron chi connectivity index (χ2n) is 1.92. The third kappa shape index (κ3) is 6.32. The number of benzene rings is 1. The molecular weight excluding hydrogens is 321 g/mol. The number of hydrogen-bond acceptors (Lipinski definition) is 1. The Balaban J connectivity index is 0.000000791. The molecule has 1 rings (SSSR count). The Morgan fingerprint density at radius 3 is 2.36 bits per heavy atom. The van der Waals surface area contributed by atoms with Crippen molar-refractivity contribution in [3.05, 3.63) is 30.1 Å². The van der Waals surface area contributed by atoms with E-state index in [9.17, 15) is 17.6 Å². The van der Waals surface area contributed by atoms with Crippen molar-refractivity contribution in [2.45, 2.75) is 6.36 Å². The molecule has 0 N–H and O–H groups in total. The average Bonchev–Trinajstić information content (AvgIpc) is 2.04. The molecule has 74 valence electrons. The van der Waals surface area contributed by atoms with Crippen LogP contribution in [0.25, 0.3) is 0 Å². The van der Waals surface area contributed by atoms with Crippen molar-refractivity contribution >= 4 is 13.6 Å². The predicted octanol–water partition coefficient (Wildman–Crippen LogP) is 3.37. The Hall–Kier alpha value is -0.157. The van der Waals surface area contributed by atoms with Gasteiger partial charge in [-0.15, -0.1) is 25.3 Å². The van der Waals surface area contributed by atoms with E-state index in [1.54, 1.807) is 0 Å². The molecule has 0 saturated carbocycles. The fraction of sp³-hybridized carbons (Fsp3) is 0.143.